The summed E-state index contributed by atoms with van der Waals surface area (Å²) in [5.41, 5.74) is 4.32. The minimum Gasteiger partial charge on any atom is -0.369 e. The van der Waals surface area contributed by atoms with Crippen LogP contribution in [-0.4, -0.2) is 38.9 Å². The molecule has 0 N–H and O–H groups in total. The number of nitrogens with zero attached hydrogens (tertiary/aromatic N) is 2. The van der Waals surface area contributed by atoms with Gasteiger partial charge in [0.25, 0.3) is 0 Å². The summed E-state index contributed by atoms with van der Waals surface area (Å²) in [5, 5.41) is 0. The lowest BCUT2D eigenvalue weighted by atomic mass is 10.1. The zero-order valence-electron chi connectivity index (χ0n) is 14.5. The first-order valence-electron chi connectivity index (χ1n) is 8.27. The smallest absolute Gasteiger partial charge is 0.243 e. The highest BCUT2D eigenvalue weighted by molar-refractivity contribution is 7.89. The van der Waals surface area contributed by atoms with E-state index in [-0.39, 0.29) is 0 Å². The van der Waals surface area contributed by atoms with Crippen LogP contribution in [0, 0.1) is 20.8 Å². The highest BCUT2D eigenvalue weighted by Crippen LogP contribution is 2.25. The van der Waals surface area contributed by atoms with Crippen LogP contribution in [0.5, 0.6) is 0 Å². The zero-order valence-corrected chi connectivity index (χ0v) is 15.3. The molecular formula is C19H24N2O2S. The quantitative estimate of drug-likeness (QED) is 0.859. The second-order valence-electron chi connectivity index (χ2n) is 6.45. The fourth-order valence-electron chi connectivity index (χ4n) is 3.32. The van der Waals surface area contributed by atoms with Gasteiger partial charge in [-0.25, -0.2) is 8.42 Å². The van der Waals surface area contributed by atoms with Gasteiger partial charge in [-0.05, 0) is 44.0 Å². The number of benzene rings is 2. The van der Waals surface area contributed by atoms with Crippen LogP contribution in [0.1, 0.15) is 16.7 Å². The maximum atomic E-state index is 12.9. The molecule has 0 saturated carbocycles. The Labute approximate surface area is 144 Å². The number of rotatable bonds is 3. The molecule has 1 aliphatic heterocycles. The van der Waals surface area contributed by atoms with Gasteiger partial charge in [-0.2, -0.15) is 4.31 Å². The Morgan fingerprint density at radius 3 is 2.12 bits per heavy atom. The van der Waals surface area contributed by atoms with Gasteiger partial charge < -0.3 is 4.90 Å². The Bertz CT molecular complexity index is 838. The van der Waals surface area contributed by atoms with Crippen molar-refractivity contribution in [2.45, 2.75) is 25.7 Å². The molecule has 1 aliphatic rings. The van der Waals surface area contributed by atoms with Gasteiger partial charge in [-0.1, -0.05) is 35.9 Å². The highest BCUT2D eigenvalue weighted by Gasteiger charge is 2.29. The van der Waals surface area contributed by atoms with Crippen molar-refractivity contribution in [3.05, 3.63) is 59.2 Å². The van der Waals surface area contributed by atoms with E-state index in [1.54, 1.807) is 10.4 Å². The molecule has 0 amide bonds. The molecule has 4 nitrogen and oxygen atoms in total. The van der Waals surface area contributed by atoms with Crippen molar-refractivity contribution in [2.24, 2.45) is 0 Å². The molecule has 0 bridgehead atoms. The SMILES string of the molecule is Cc1ccc(S(=O)(=O)N2CCN(c3ccccc3C)CC2)c(C)c1. The van der Waals surface area contributed by atoms with Crippen molar-refractivity contribution in [3.8, 4) is 0 Å². The van der Waals surface area contributed by atoms with E-state index in [9.17, 15) is 8.42 Å². The highest BCUT2D eigenvalue weighted by atomic mass is 32.2. The molecule has 1 saturated heterocycles. The first-order valence-corrected chi connectivity index (χ1v) is 9.71. The van der Waals surface area contributed by atoms with Crippen LogP contribution in [0.15, 0.2) is 47.4 Å². The summed E-state index contributed by atoms with van der Waals surface area (Å²) in [7, 11) is -3.42. The number of para-hydroxylation sites is 1. The number of piperazine rings is 1. The van der Waals surface area contributed by atoms with Crippen molar-refractivity contribution in [1.29, 1.82) is 0 Å². The summed E-state index contributed by atoms with van der Waals surface area (Å²) >= 11 is 0. The van der Waals surface area contributed by atoms with Crippen molar-refractivity contribution in [1.82, 2.24) is 4.31 Å². The van der Waals surface area contributed by atoms with Crippen LogP contribution in [0.25, 0.3) is 0 Å². The van der Waals surface area contributed by atoms with E-state index in [0.717, 1.165) is 24.2 Å². The lowest BCUT2D eigenvalue weighted by Gasteiger charge is -2.36. The predicted molar refractivity (Wildman–Crippen MR) is 98.1 cm³/mol. The molecule has 2 aromatic rings. The molecular weight excluding hydrogens is 320 g/mol. The van der Waals surface area contributed by atoms with Crippen LogP contribution in [0.4, 0.5) is 5.69 Å². The van der Waals surface area contributed by atoms with Crippen molar-refractivity contribution in [3.63, 3.8) is 0 Å². The lowest BCUT2D eigenvalue weighted by Crippen LogP contribution is -2.49. The predicted octanol–water partition coefficient (Wildman–Crippen LogP) is 3.12. The average molecular weight is 344 g/mol. The summed E-state index contributed by atoms with van der Waals surface area (Å²) in [6.45, 7) is 8.40. The summed E-state index contributed by atoms with van der Waals surface area (Å²) < 4.78 is 27.5. The standard InChI is InChI=1S/C19H24N2O2S/c1-15-8-9-19(17(3)14-15)24(22,23)21-12-10-20(11-13-21)18-7-5-4-6-16(18)2/h4-9,14H,10-13H2,1-3H3. The van der Waals surface area contributed by atoms with E-state index in [1.807, 2.05) is 38.1 Å². The van der Waals surface area contributed by atoms with Gasteiger partial charge in [-0.3, -0.25) is 0 Å². The van der Waals surface area contributed by atoms with Crippen molar-refractivity contribution in [2.75, 3.05) is 31.1 Å². The largest absolute Gasteiger partial charge is 0.369 e. The fraction of sp³-hybridized carbons (Fsp3) is 0.368. The van der Waals surface area contributed by atoms with E-state index >= 15 is 0 Å². The molecule has 1 heterocycles. The van der Waals surface area contributed by atoms with Gasteiger partial charge in [0.15, 0.2) is 0 Å². The van der Waals surface area contributed by atoms with E-state index in [4.69, 9.17) is 0 Å². The minimum absolute atomic E-state index is 0.428. The fourth-order valence-corrected chi connectivity index (χ4v) is 4.94. The molecule has 3 rings (SSSR count). The van der Waals surface area contributed by atoms with E-state index < -0.39 is 10.0 Å². The number of hydrogen-bond donors (Lipinski definition) is 0. The van der Waals surface area contributed by atoms with Crippen LogP contribution >= 0.6 is 0 Å². The Kier molecular flexibility index (Phi) is 4.65. The molecule has 0 radical (unpaired) electrons. The zero-order chi connectivity index (χ0) is 17.3. The molecule has 128 valence electrons. The normalized spacial score (nSPS) is 16.4. The van der Waals surface area contributed by atoms with Crippen molar-refractivity contribution >= 4 is 15.7 Å². The van der Waals surface area contributed by atoms with Crippen LogP contribution in [0.2, 0.25) is 0 Å². The molecule has 0 unspecified atom stereocenters. The number of sulfonamides is 1. The van der Waals surface area contributed by atoms with Gasteiger partial charge >= 0.3 is 0 Å². The Morgan fingerprint density at radius 1 is 0.833 bits per heavy atom. The van der Waals surface area contributed by atoms with Gasteiger partial charge in [0.1, 0.15) is 0 Å². The molecule has 0 spiro atoms. The molecule has 24 heavy (non-hydrogen) atoms. The summed E-state index contributed by atoms with van der Waals surface area (Å²) in [4.78, 5) is 2.70. The van der Waals surface area contributed by atoms with Gasteiger partial charge in [0, 0.05) is 31.9 Å². The molecule has 0 aliphatic carbocycles. The summed E-state index contributed by atoms with van der Waals surface area (Å²) in [6.07, 6.45) is 0. The maximum Gasteiger partial charge on any atom is 0.243 e. The lowest BCUT2D eigenvalue weighted by molar-refractivity contribution is 0.384. The third-order valence-electron chi connectivity index (χ3n) is 4.64. The number of aryl methyl sites for hydroxylation is 3. The first kappa shape index (κ1) is 17.0. The molecule has 0 aromatic heterocycles. The maximum absolute atomic E-state index is 12.9. The van der Waals surface area contributed by atoms with E-state index in [0.29, 0.717) is 18.0 Å². The van der Waals surface area contributed by atoms with Crippen LogP contribution in [0.3, 0.4) is 0 Å². The molecule has 0 atom stereocenters. The summed E-state index contributed by atoms with van der Waals surface area (Å²) in [5.74, 6) is 0. The third-order valence-corrected chi connectivity index (χ3v) is 6.70. The van der Waals surface area contributed by atoms with Crippen molar-refractivity contribution < 1.29 is 8.42 Å². The Balaban J connectivity index is 1.78. The molecule has 5 heteroatoms. The van der Waals surface area contributed by atoms with E-state index in [2.05, 4.69) is 24.0 Å². The van der Waals surface area contributed by atoms with Crippen LogP contribution < -0.4 is 4.90 Å². The second-order valence-corrected chi connectivity index (χ2v) is 8.35. The number of hydrogen-bond acceptors (Lipinski definition) is 3. The molecule has 1 fully saturated rings. The minimum atomic E-state index is -3.42. The Hall–Kier alpha value is -1.85. The molecule has 2 aromatic carbocycles. The van der Waals surface area contributed by atoms with Gasteiger partial charge in [-0.15, -0.1) is 0 Å². The van der Waals surface area contributed by atoms with Gasteiger partial charge in [0.2, 0.25) is 10.0 Å². The Morgan fingerprint density at radius 2 is 1.50 bits per heavy atom. The summed E-state index contributed by atoms with van der Waals surface area (Å²) in [6, 6.07) is 13.8. The third kappa shape index (κ3) is 3.19. The average Bonchev–Trinajstić information content (AvgIpc) is 2.55. The second kappa shape index (κ2) is 6.57. The van der Waals surface area contributed by atoms with Crippen LogP contribution in [-0.2, 0) is 10.0 Å². The van der Waals surface area contributed by atoms with E-state index in [1.165, 1.54) is 11.3 Å². The monoisotopic (exact) mass is 344 g/mol. The first-order chi connectivity index (χ1) is 11.4. The topological polar surface area (TPSA) is 40.6 Å². The number of anilines is 1. The van der Waals surface area contributed by atoms with Gasteiger partial charge in [0.05, 0.1) is 4.90 Å².